The number of hydrogen-bond acceptors (Lipinski definition) is 4. The number of amidine groups is 1. The number of carbonyl (C=O) groups is 1. The summed E-state index contributed by atoms with van der Waals surface area (Å²) in [5.74, 6) is 1.34. The Morgan fingerprint density at radius 3 is 2.83 bits per heavy atom. The second-order valence-electron chi connectivity index (χ2n) is 5.87. The van der Waals surface area contributed by atoms with Gasteiger partial charge in [0.25, 0.3) is 5.91 Å². The Morgan fingerprint density at radius 2 is 2.13 bits per heavy atom. The van der Waals surface area contributed by atoms with Crippen molar-refractivity contribution in [1.82, 2.24) is 4.90 Å². The van der Waals surface area contributed by atoms with Gasteiger partial charge < -0.3 is 9.64 Å². The van der Waals surface area contributed by atoms with E-state index in [1.165, 1.54) is 11.8 Å². The molecular weight excluding hydrogens is 376 g/mol. The highest BCUT2D eigenvalue weighted by atomic mass is 79.9. The maximum atomic E-state index is 12.2. The third-order valence-corrected chi connectivity index (χ3v) is 5.68. The predicted octanol–water partition coefficient (Wildman–Crippen LogP) is 4.16. The van der Waals surface area contributed by atoms with Gasteiger partial charge in [-0.2, -0.15) is 4.99 Å². The standard InChI is InChI=1S/C17H19BrN2O2S/c1-11-5-7-20(8-6-11)17-19-16(21)15(23-17)10-12-9-13(18)3-4-14(12)22-2/h3-4,9-11H,5-8H2,1-2H3/b15-10-. The molecule has 6 heteroatoms. The molecule has 1 fully saturated rings. The van der Waals surface area contributed by atoms with E-state index >= 15 is 0 Å². The Morgan fingerprint density at radius 1 is 1.39 bits per heavy atom. The summed E-state index contributed by atoms with van der Waals surface area (Å²) in [5.41, 5.74) is 0.876. The zero-order valence-electron chi connectivity index (χ0n) is 13.2. The van der Waals surface area contributed by atoms with Crippen LogP contribution < -0.4 is 4.74 Å². The third-order valence-electron chi connectivity index (χ3n) is 4.14. The van der Waals surface area contributed by atoms with Crippen LogP contribution in [-0.2, 0) is 4.79 Å². The number of ether oxygens (including phenoxy) is 1. The van der Waals surface area contributed by atoms with E-state index in [0.29, 0.717) is 4.91 Å². The molecule has 2 heterocycles. The van der Waals surface area contributed by atoms with Gasteiger partial charge in [-0.3, -0.25) is 4.79 Å². The molecular formula is C17H19BrN2O2S. The lowest BCUT2D eigenvalue weighted by Crippen LogP contribution is -2.35. The second-order valence-corrected chi connectivity index (χ2v) is 7.79. The number of hydrogen-bond donors (Lipinski definition) is 0. The van der Waals surface area contributed by atoms with E-state index in [-0.39, 0.29) is 5.91 Å². The molecule has 122 valence electrons. The number of methoxy groups -OCH3 is 1. The highest BCUT2D eigenvalue weighted by Gasteiger charge is 2.28. The average molecular weight is 395 g/mol. The van der Waals surface area contributed by atoms with Gasteiger partial charge in [0.1, 0.15) is 5.75 Å². The number of carbonyl (C=O) groups excluding carboxylic acids is 1. The Bertz CT molecular complexity index is 679. The molecule has 2 aliphatic rings. The normalized spacial score (nSPS) is 21.0. The molecule has 0 unspecified atom stereocenters. The molecule has 0 saturated carbocycles. The van der Waals surface area contributed by atoms with Crippen LogP contribution in [0.4, 0.5) is 0 Å². The van der Waals surface area contributed by atoms with Crippen molar-refractivity contribution in [3.63, 3.8) is 0 Å². The van der Waals surface area contributed by atoms with Gasteiger partial charge in [-0.05, 0) is 54.8 Å². The van der Waals surface area contributed by atoms with Gasteiger partial charge >= 0.3 is 0 Å². The van der Waals surface area contributed by atoms with Crippen molar-refractivity contribution in [2.45, 2.75) is 19.8 Å². The van der Waals surface area contributed by atoms with Crippen LogP contribution in [0.5, 0.6) is 5.75 Å². The predicted molar refractivity (Wildman–Crippen MR) is 98.7 cm³/mol. The summed E-state index contributed by atoms with van der Waals surface area (Å²) >= 11 is 4.92. The molecule has 1 aromatic rings. The highest BCUT2D eigenvalue weighted by Crippen LogP contribution is 2.34. The molecule has 4 nitrogen and oxygen atoms in total. The lowest BCUT2D eigenvalue weighted by atomic mass is 10.00. The minimum Gasteiger partial charge on any atom is -0.496 e. The zero-order chi connectivity index (χ0) is 16.4. The van der Waals surface area contributed by atoms with Crippen LogP contribution in [0.25, 0.3) is 6.08 Å². The maximum Gasteiger partial charge on any atom is 0.286 e. The van der Waals surface area contributed by atoms with E-state index in [2.05, 4.69) is 32.7 Å². The molecule has 0 aliphatic carbocycles. The number of nitrogens with zero attached hydrogens (tertiary/aromatic N) is 2. The molecule has 0 N–H and O–H groups in total. The summed E-state index contributed by atoms with van der Waals surface area (Å²) in [7, 11) is 1.63. The van der Waals surface area contributed by atoms with Gasteiger partial charge in [0, 0.05) is 23.1 Å². The maximum absolute atomic E-state index is 12.2. The molecule has 3 rings (SSSR count). The van der Waals surface area contributed by atoms with Crippen molar-refractivity contribution >= 4 is 44.8 Å². The van der Waals surface area contributed by atoms with Crippen molar-refractivity contribution in [1.29, 1.82) is 0 Å². The molecule has 0 spiro atoms. The molecule has 0 atom stereocenters. The van der Waals surface area contributed by atoms with E-state index in [9.17, 15) is 4.79 Å². The molecule has 1 amide bonds. The van der Waals surface area contributed by atoms with E-state index in [1.54, 1.807) is 7.11 Å². The molecule has 1 saturated heterocycles. The first kappa shape index (κ1) is 16.6. The zero-order valence-corrected chi connectivity index (χ0v) is 15.6. The summed E-state index contributed by atoms with van der Waals surface area (Å²) in [6, 6.07) is 5.75. The van der Waals surface area contributed by atoms with Crippen LogP contribution in [0.2, 0.25) is 0 Å². The first-order chi connectivity index (χ1) is 11.1. The summed E-state index contributed by atoms with van der Waals surface area (Å²) in [6.07, 6.45) is 4.18. The summed E-state index contributed by atoms with van der Waals surface area (Å²) in [6.45, 7) is 4.23. The Balaban J connectivity index is 1.78. The monoisotopic (exact) mass is 394 g/mol. The van der Waals surface area contributed by atoms with E-state index in [4.69, 9.17) is 4.74 Å². The van der Waals surface area contributed by atoms with Crippen LogP contribution >= 0.6 is 27.7 Å². The van der Waals surface area contributed by atoms with Gasteiger partial charge in [0.05, 0.1) is 12.0 Å². The van der Waals surface area contributed by atoms with Crippen LogP contribution in [-0.4, -0.2) is 36.2 Å². The number of rotatable bonds is 2. The summed E-state index contributed by atoms with van der Waals surface area (Å²) in [4.78, 5) is 19.3. The van der Waals surface area contributed by atoms with Crippen LogP contribution in [0.15, 0.2) is 32.6 Å². The van der Waals surface area contributed by atoms with Crippen molar-refractivity contribution in [3.8, 4) is 5.75 Å². The number of likely N-dealkylation sites (tertiary alicyclic amines) is 1. The minimum absolute atomic E-state index is 0.161. The van der Waals surface area contributed by atoms with Gasteiger partial charge in [-0.25, -0.2) is 0 Å². The van der Waals surface area contributed by atoms with Gasteiger partial charge in [-0.1, -0.05) is 22.9 Å². The third kappa shape index (κ3) is 3.80. The first-order valence-corrected chi connectivity index (χ1v) is 9.29. The average Bonchev–Trinajstić information content (AvgIpc) is 2.89. The first-order valence-electron chi connectivity index (χ1n) is 7.68. The quantitative estimate of drug-likeness (QED) is 0.706. The fraction of sp³-hybridized carbons (Fsp3) is 0.412. The van der Waals surface area contributed by atoms with E-state index in [1.807, 2.05) is 24.3 Å². The van der Waals surface area contributed by atoms with E-state index < -0.39 is 0 Å². The number of benzene rings is 1. The molecule has 23 heavy (non-hydrogen) atoms. The van der Waals surface area contributed by atoms with Gasteiger partial charge in [0.15, 0.2) is 5.17 Å². The van der Waals surface area contributed by atoms with Crippen LogP contribution in [0, 0.1) is 5.92 Å². The second kappa shape index (κ2) is 7.09. The molecule has 1 aromatic carbocycles. The van der Waals surface area contributed by atoms with Crippen LogP contribution in [0.1, 0.15) is 25.3 Å². The Hall–Kier alpha value is -1.27. The topological polar surface area (TPSA) is 41.9 Å². The van der Waals surface area contributed by atoms with Crippen LogP contribution in [0.3, 0.4) is 0 Å². The largest absolute Gasteiger partial charge is 0.496 e. The number of aliphatic imine (C=N–C) groups is 1. The van der Waals surface area contributed by atoms with Crippen molar-refractivity contribution in [2.75, 3.05) is 20.2 Å². The van der Waals surface area contributed by atoms with Gasteiger partial charge in [-0.15, -0.1) is 0 Å². The fourth-order valence-electron chi connectivity index (χ4n) is 2.69. The number of amides is 1. The SMILES string of the molecule is COc1ccc(Br)cc1/C=C1\SC(N2CCC(C)CC2)=NC1=O. The van der Waals surface area contributed by atoms with Crippen molar-refractivity contribution in [3.05, 3.63) is 33.1 Å². The smallest absolute Gasteiger partial charge is 0.286 e. The molecule has 0 radical (unpaired) electrons. The number of halogens is 1. The Labute approximate surface area is 149 Å². The molecule has 2 aliphatic heterocycles. The molecule has 0 aromatic heterocycles. The summed E-state index contributed by atoms with van der Waals surface area (Å²) in [5, 5.41) is 0.835. The lowest BCUT2D eigenvalue weighted by Gasteiger charge is -2.30. The van der Waals surface area contributed by atoms with Crippen molar-refractivity contribution < 1.29 is 9.53 Å². The molecule has 0 bridgehead atoms. The number of thioether (sulfide) groups is 1. The Kier molecular flexibility index (Phi) is 5.11. The number of piperidine rings is 1. The lowest BCUT2D eigenvalue weighted by molar-refractivity contribution is -0.113. The van der Waals surface area contributed by atoms with Crippen molar-refractivity contribution in [2.24, 2.45) is 10.9 Å². The summed E-state index contributed by atoms with van der Waals surface area (Å²) < 4.78 is 6.32. The minimum atomic E-state index is -0.161. The van der Waals surface area contributed by atoms with Gasteiger partial charge in [0.2, 0.25) is 0 Å². The fourth-order valence-corrected chi connectivity index (χ4v) is 4.03. The highest BCUT2D eigenvalue weighted by molar-refractivity contribution is 9.10. The van der Waals surface area contributed by atoms with E-state index in [0.717, 1.165) is 52.8 Å².